The van der Waals surface area contributed by atoms with E-state index in [9.17, 15) is 14.4 Å². The first-order valence-corrected chi connectivity index (χ1v) is 11.3. The first kappa shape index (κ1) is 19.5. The Morgan fingerprint density at radius 2 is 1.79 bits per heavy atom. The van der Waals surface area contributed by atoms with Gasteiger partial charge in [-0.25, -0.2) is 0 Å². The lowest BCUT2D eigenvalue weighted by Crippen LogP contribution is -2.58. The van der Waals surface area contributed by atoms with Crippen molar-refractivity contribution >= 4 is 29.1 Å². The number of carbonyl (C=O) groups is 3. The number of hydrogen-bond acceptors (Lipinski definition) is 4. The lowest BCUT2D eigenvalue weighted by Gasteiger charge is -2.57. The van der Waals surface area contributed by atoms with Gasteiger partial charge in [0.1, 0.15) is 0 Å². The van der Waals surface area contributed by atoms with Crippen molar-refractivity contribution in [3.05, 3.63) is 22.8 Å². The van der Waals surface area contributed by atoms with Gasteiger partial charge >= 0.3 is 5.97 Å². The smallest absolute Gasteiger partial charge is 0.303 e. The van der Waals surface area contributed by atoms with Gasteiger partial charge in [-0.2, -0.15) is 0 Å². The third kappa shape index (κ3) is 2.24. The maximum absolute atomic E-state index is 12.8. The monoisotopic (exact) mass is 416 g/mol. The summed E-state index contributed by atoms with van der Waals surface area (Å²) in [5.41, 5.74) is -0.455. The molecule has 4 nitrogen and oxygen atoms in total. The third-order valence-electron chi connectivity index (χ3n) is 9.50. The summed E-state index contributed by atoms with van der Waals surface area (Å²) in [7, 11) is 0. The molecule has 5 rings (SSSR count). The van der Waals surface area contributed by atoms with Crippen LogP contribution in [0.1, 0.15) is 59.8 Å². The summed E-state index contributed by atoms with van der Waals surface area (Å²) in [5.74, 6) is 1.27. The predicted octanol–water partition coefficient (Wildman–Crippen LogP) is 4.61. The molecule has 3 saturated carbocycles. The molecule has 0 aliphatic heterocycles. The number of rotatable bonds is 2. The summed E-state index contributed by atoms with van der Waals surface area (Å²) < 4.78 is 5.82. The Balaban J connectivity index is 1.60. The summed E-state index contributed by atoms with van der Waals surface area (Å²) in [4.78, 5) is 37.1. The van der Waals surface area contributed by atoms with Gasteiger partial charge in [-0.15, -0.1) is 0 Å². The summed E-state index contributed by atoms with van der Waals surface area (Å²) in [6, 6.07) is 0. The zero-order valence-corrected chi connectivity index (χ0v) is 18.3. The fourth-order valence-electron chi connectivity index (χ4n) is 8.03. The second-order valence-corrected chi connectivity index (χ2v) is 10.9. The van der Waals surface area contributed by atoms with Crippen molar-refractivity contribution in [1.82, 2.24) is 0 Å². The van der Waals surface area contributed by atoms with Gasteiger partial charge in [0, 0.05) is 28.7 Å². The Labute approximate surface area is 177 Å². The lowest BCUT2D eigenvalue weighted by atomic mass is 9.47. The second kappa shape index (κ2) is 5.84. The molecule has 5 aliphatic rings. The molecule has 0 amide bonds. The van der Waals surface area contributed by atoms with E-state index in [1.807, 2.05) is 6.08 Å². The molecule has 3 fully saturated rings. The van der Waals surface area contributed by atoms with Gasteiger partial charge in [-0.05, 0) is 74.3 Å². The fourth-order valence-corrected chi connectivity index (χ4v) is 8.43. The number of hydrogen-bond donors (Lipinski definition) is 0. The molecular formula is C24H29ClO4. The highest BCUT2D eigenvalue weighted by atomic mass is 35.5. The van der Waals surface area contributed by atoms with Gasteiger partial charge in [0.15, 0.2) is 17.2 Å². The van der Waals surface area contributed by atoms with Crippen LogP contribution in [0, 0.1) is 40.4 Å². The minimum Gasteiger partial charge on any atom is -0.451 e. The SMILES string of the molecule is CC(=O)O[C@]1(C(C)=O)CC[C@@H]2[C@@H]3C=C(Cl)C4=CC(=O)C5CC5[C@]4(C)[C@@H]3CC[C@@]21C. The van der Waals surface area contributed by atoms with Crippen LogP contribution in [-0.2, 0) is 19.1 Å². The van der Waals surface area contributed by atoms with Crippen molar-refractivity contribution in [2.45, 2.75) is 65.4 Å². The quantitative estimate of drug-likeness (QED) is 0.617. The van der Waals surface area contributed by atoms with Crippen molar-refractivity contribution in [1.29, 1.82) is 0 Å². The standard InChI is InChI=1S/C24H29ClO4/c1-12(26)24(29-13(2)27)8-6-16-14-10-20(25)19-11-21(28)15-9-18(15)23(19,4)17(14)5-7-22(16,24)3/h10-11,14-18H,5-9H2,1-4H3/t14-,15?,16+,17+,18?,22-,23-,24-/m0/s1. The highest BCUT2D eigenvalue weighted by Gasteiger charge is 2.70. The molecule has 8 atom stereocenters. The van der Waals surface area contributed by atoms with Crippen LogP contribution in [-0.4, -0.2) is 23.1 Å². The molecule has 0 radical (unpaired) electrons. The number of allylic oxidation sites excluding steroid dienone is 4. The molecule has 2 unspecified atom stereocenters. The Bertz CT molecular complexity index is 903. The molecule has 0 N–H and O–H groups in total. The minimum absolute atomic E-state index is 0.0423. The fraction of sp³-hybridized carbons (Fsp3) is 0.708. The Morgan fingerprint density at radius 1 is 1.10 bits per heavy atom. The van der Waals surface area contributed by atoms with E-state index in [1.165, 1.54) is 6.92 Å². The number of ketones is 2. The molecule has 0 aromatic carbocycles. The first-order valence-electron chi connectivity index (χ1n) is 10.9. The van der Waals surface area contributed by atoms with Gasteiger partial charge < -0.3 is 4.74 Å². The van der Waals surface area contributed by atoms with E-state index in [2.05, 4.69) is 19.9 Å². The molecular weight excluding hydrogens is 388 g/mol. The molecule has 156 valence electrons. The molecule has 0 saturated heterocycles. The first-order chi connectivity index (χ1) is 13.6. The molecule has 0 aromatic heterocycles. The van der Waals surface area contributed by atoms with Crippen LogP contribution in [0.25, 0.3) is 0 Å². The van der Waals surface area contributed by atoms with Crippen molar-refractivity contribution < 1.29 is 19.1 Å². The molecule has 0 heterocycles. The van der Waals surface area contributed by atoms with Crippen molar-refractivity contribution in [2.24, 2.45) is 40.4 Å². The number of Topliss-reactive ketones (excluding diaryl/α,β-unsaturated/α-hetero) is 1. The van der Waals surface area contributed by atoms with Crippen LogP contribution >= 0.6 is 11.6 Å². The summed E-state index contributed by atoms with van der Waals surface area (Å²) in [6.45, 7) is 7.42. The van der Waals surface area contributed by atoms with Gasteiger partial charge in [0.05, 0.1) is 0 Å². The number of carbonyl (C=O) groups excluding carboxylic acids is 3. The van der Waals surface area contributed by atoms with E-state index in [0.717, 1.165) is 31.3 Å². The normalized spacial score (nSPS) is 49.7. The van der Waals surface area contributed by atoms with E-state index in [0.29, 0.717) is 23.3 Å². The van der Waals surface area contributed by atoms with Crippen LogP contribution in [0.2, 0.25) is 0 Å². The molecule has 29 heavy (non-hydrogen) atoms. The van der Waals surface area contributed by atoms with Crippen LogP contribution in [0.3, 0.4) is 0 Å². The Kier molecular flexibility index (Phi) is 3.93. The Hall–Kier alpha value is -1.42. The van der Waals surface area contributed by atoms with E-state index in [1.54, 1.807) is 6.92 Å². The topological polar surface area (TPSA) is 60.4 Å². The summed E-state index contributed by atoms with van der Waals surface area (Å²) in [6.07, 6.45) is 8.18. The van der Waals surface area contributed by atoms with E-state index in [4.69, 9.17) is 16.3 Å². The van der Waals surface area contributed by atoms with Crippen LogP contribution in [0.5, 0.6) is 0 Å². The van der Waals surface area contributed by atoms with Crippen molar-refractivity contribution in [3.63, 3.8) is 0 Å². The lowest BCUT2D eigenvalue weighted by molar-refractivity contribution is -0.185. The van der Waals surface area contributed by atoms with E-state index >= 15 is 0 Å². The maximum atomic E-state index is 12.8. The predicted molar refractivity (Wildman–Crippen MR) is 109 cm³/mol. The van der Waals surface area contributed by atoms with Crippen molar-refractivity contribution in [2.75, 3.05) is 0 Å². The van der Waals surface area contributed by atoms with Crippen LogP contribution < -0.4 is 0 Å². The molecule has 5 heteroatoms. The van der Waals surface area contributed by atoms with E-state index < -0.39 is 5.60 Å². The Morgan fingerprint density at radius 3 is 2.45 bits per heavy atom. The highest BCUT2D eigenvalue weighted by Crippen LogP contribution is 2.72. The number of fused-ring (bicyclic) bond motifs is 7. The second-order valence-electron chi connectivity index (χ2n) is 10.5. The minimum atomic E-state index is -1.03. The average molecular weight is 417 g/mol. The zero-order chi connectivity index (χ0) is 20.9. The van der Waals surface area contributed by atoms with Crippen LogP contribution in [0.4, 0.5) is 0 Å². The molecule has 0 aromatic rings. The van der Waals surface area contributed by atoms with E-state index in [-0.39, 0.29) is 46.1 Å². The zero-order valence-electron chi connectivity index (χ0n) is 17.6. The van der Waals surface area contributed by atoms with Crippen molar-refractivity contribution in [3.8, 4) is 0 Å². The molecule has 5 aliphatic carbocycles. The summed E-state index contributed by atoms with van der Waals surface area (Å²) >= 11 is 6.79. The summed E-state index contributed by atoms with van der Waals surface area (Å²) in [5, 5.41) is 0.713. The van der Waals surface area contributed by atoms with Gasteiger partial charge in [-0.1, -0.05) is 31.5 Å². The van der Waals surface area contributed by atoms with Gasteiger partial charge in [0.2, 0.25) is 0 Å². The molecule has 0 bridgehead atoms. The number of halogens is 1. The average Bonchev–Trinajstić information content (AvgIpc) is 3.39. The largest absolute Gasteiger partial charge is 0.451 e. The number of ether oxygens (including phenoxy) is 1. The maximum Gasteiger partial charge on any atom is 0.303 e. The van der Waals surface area contributed by atoms with Gasteiger partial charge in [-0.3, -0.25) is 14.4 Å². The highest BCUT2D eigenvalue weighted by molar-refractivity contribution is 6.32. The molecule has 0 spiro atoms. The van der Waals surface area contributed by atoms with Crippen LogP contribution in [0.15, 0.2) is 22.8 Å². The third-order valence-corrected chi connectivity index (χ3v) is 9.83. The van der Waals surface area contributed by atoms with Gasteiger partial charge in [0.25, 0.3) is 0 Å². The number of esters is 1.